The lowest BCUT2D eigenvalue weighted by atomic mass is 9.56. The van der Waals surface area contributed by atoms with Crippen LogP contribution in [0.4, 0.5) is 0 Å². The first-order chi connectivity index (χ1) is 13.5. The number of β-amino-alcohol motifs (C(OH)–C–C–N with tert-alkyl or cyclic N) is 1. The van der Waals surface area contributed by atoms with E-state index in [4.69, 9.17) is 4.74 Å². The molecular formula is C24H28N2O2. The first-order valence-corrected chi connectivity index (χ1v) is 10.1. The third-order valence-electron chi connectivity index (χ3n) is 7.25. The Morgan fingerprint density at radius 2 is 1.86 bits per heavy atom. The Balaban J connectivity index is 1.75. The lowest BCUT2D eigenvalue weighted by Gasteiger charge is -2.56. The van der Waals surface area contributed by atoms with Crippen molar-refractivity contribution >= 4 is 10.9 Å². The second-order valence-electron chi connectivity index (χ2n) is 8.69. The maximum Gasteiger partial charge on any atom is 0.119 e. The number of para-hydroxylation sites is 1. The third kappa shape index (κ3) is 2.31. The topological polar surface area (TPSA) is 37.6 Å². The van der Waals surface area contributed by atoms with Crippen LogP contribution < -0.4 is 4.74 Å². The molecule has 0 bridgehead atoms. The van der Waals surface area contributed by atoms with Gasteiger partial charge in [-0.1, -0.05) is 30.3 Å². The van der Waals surface area contributed by atoms with Gasteiger partial charge in [-0.05, 0) is 49.3 Å². The Morgan fingerprint density at radius 1 is 1.04 bits per heavy atom. The van der Waals surface area contributed by atoms with Crippen molar-refractivity contribution in [2.45, 2.75) is 30.3 Å². The highest BCUT2D eigenvalue weighted by Crippen LogP contribution is 2.52. The van der Waals surface area contributed by atoms with Gasteiger partial charge in [0.1, 0.15) is 5.75 Å². The smallest absolute Gasteiger partial charge is 0.119 e. The number of ether oxygens (including phenoxy) is 1. The molecule has 2 unspecified atom stereocenters. The largest absolute Gasteiger partial charge is 0.497 e. The molecule has 0 spiro atoms. The molecule has 146 valence electrons. The number of likely N-dealkylation sites (N-methyl/N-ethyl adjacent to an activating group) is 1. The van der Waals surface area contributed by atoms with Crippen molar-refractivity contribution in [1.29, 1.82) is 0 Å². The minimum atomic E-state index is -0.802. The van der Waals surface area contributed by atoms with E-state index in [1.165, 1.54) is 27.7 Å². The van der Waals surface area contributed by atoms with Crippen LogP contribution >= 0.6 is 0 Å². The molecule has 28 heavy (non-hydrogen) atoms. The standard InChI is InChI=1S/C24H28N2O2/c1-25-12-11-23(17-7-6-8-18(13-17)28-3)15-22-20(14-24(23,27)16-25)19-9-4-5-10-21(19)26(22)2/h4-10,13,27H,11-12,14-16H2,1-3H3. The number of nitrogens with zero attached hydrogens (tertiary/aromatic N) is 2. The van der Waals surface area contributed by atoms with Crippen molar-refractivity contribution in [3.63, 3.8) is 0 Å². The summed E-state index contributed by atoms with van der Waals surface area (Å²) >= 11 is 0. The van der Waals surface area contributed by atoms with Gasteiger partial charge in [-0.25, -0.2) is 0 Å². The van der Waals surface area contributed by atoms with E-state index in [0.29, 0.717) is 13.0 Å². The van der Waals surface area contributed by atoms with Gasteiger partial charge in [-0.15, -0.1) is 0 Å². The minimum Gasteiger partial charge on any atom is -0.497 e. The van der Waals surface area contributed by atoms with E-state index in [1.807, 2.05) is 6.07 Å². The first kappa shape index (κ1) is 17.8. The van der Waals surface area contributed by atoms with Gasteiger partial charge in [0.25, 0.3) is 0 Å². The summed E-state index contributed by atoms with van der Waals surface area (Å²) in [5.74, 6) is 0.857. The Labute approximate surface area is 166 Å². The molecule has 0 amide bonds. The quantitative estimate of drug-likeness (QED) is 0.746. The first-order valence-electron chi connectivity index (χ1n) is 10.1. The molecule has 1 fully saturated rings. The molecule has 2 aliphatic rings. The van der Waals surface area contributed by atoms with Crippen molar-refractivity contribution < 1.29 is 9.84 Å². The Kier molecular flexibility index (Phi) is 3.87. The molecule has 2 aromatic carbocycles. The zero-order valence-corrected chi connectivity index (χ0v) is 16.9. The molecule has 3 aromatic rings. The van der Waals surface area contributed by atoms with Crippen LogP contribution in [0.25, 0.3) is 10.9 Å². The highest BCUT2D eigenvalue weighted by molar-refractivity contribution is 5.86. The Bertz CT molecular complexity index is 1060. The third-order valence-corrected chi connectivity index (χ3v) is 7.25. The number of rotatable bonds is 2. The van der Waals surface area contributed by atoms with Gasteiger partial charge in [0.15, 0.2) is 0 Å². The second kappa shape index (κ2) is 6.10. The fourth-order valence-electron chi connectivity index (χ4n) is 5.73. The van der Waals surface area contributed by atoms with Gasteiger partial charge in [-0.3, -0.25) is 0 Å². The van der Waals surface area contributed by atoms with Gasteiger partial charge in [0.2, 0.25) is 0 Å². The van der Waals surface area contributed by atoms with E-state index < -0.39 is 5.60 Å². The van der Waals surface area contributed by atoms with Crippen LogP contribution in [0, 0.1) is 0 Å². The van der Waals surface area contributed by atoms with Crippen LogP contribution in [-0.2, 0) is 25.3 Å². The lowest BCUT2D eigenvalue weighted by molar-refractivity contribution is -0.0975. The van der Waals surface area contributed by atoms with Crippen molar-refractivity contribution in [1.82, 2.24) is 9.47 Å². The van der Waals surface area contributed by atoms with Crippen LogP contribution in [0.3, 0.4) is 0 Å². The van der Waals surface area contributed by atoms with E-state index in [0.717, 1.165) is 25.1 Å². The number of aliphatic hydroxyl groups is 1. The number of fused-ring (bicyclic) bond motifs is 4. The average Bonchev–Trinajstić information content (AvgIpc) is 2.97. The monoisotopic (exact) mass is 376 g/mol. The fraction of sp³-hybridized carbons (Fsp3) is 0.417. The summed E-state index contributed by atoms with van der Waals surface area (Å²) in [6, 6.07) is 16.9. The summed E-state index contributed by atoms with van der Waals surface area (Å²) in [4.78, 5) is 2.27. The van der Waals surface area contributed by atoms with Gasteiger partial charge in [0.05, 0.1) is 12.7 Å². The summed E-state index contributed by atoms with van der Waals surface area (Å²) in [5, 5.41) is 13.4. The zero-order chi connectivity index (χ0) is 19.5. The molecule has 4 heteroatoms. The predicted octanol–water partition coefficient (Wildman–Crippen LogP) is 3.29. The van der Waals surface area contributed by atoms with Crippen LogP contribution in [0.5, 0.6) is 5.75 Å². The van der Waals surface area contributed by atoms with Crippen LogP contribution in [0.15, 0.2) is 48.5 Å². The average molecular weight is 377 g/mol. The number of methoxy groups -OCH3 is 1. The maximum absolute atomic E-state index is 12.2. The lowest BCUT2D eigenvalue weighted by Crippen LogP contribution is -2.66. The molecular weight excluding hydrogens is 348 g/mol. The molecule has 1 aliphatic carbocycles. The highest BCUT2D eigenvalue weighted by atomic mass is 16.5. The van der Waals surface area contributed by atoms with Crippen LogP contribution in [-0.4, -0.2) is 47.4 Å². The number of aryl methyl sites for hydroxylation is 1. The number of benzene rings is 2. The molecule has 2 atom stereocenters. The summed E-state index contributed by atoms with van der Waals surface area (Å²) in [7, 11) is 5.99. The van der Waals surface area contributed by atoms with E-state index in [9.17, 15) is 5.11 Å². The molecule has 0 radical (unpaired) electrons. The van der Waals surface area contributed by atoms with Gasteiger partial charge < -0.3 is 19.3 Å². The number of piperidine rings is 1. The fourth-order valence-corrected chi connectivity index (χ4v) is 5.73. The Hall–Kier alpha value is -2.30. The molecule has 5 rings (SSSR count). The highest BCUT2D eigenvalue weighted by Gasteiger charge is 2.57. The molecule has 4 nitrogen and oxygen atoms in total. The van der Waals surface area contributed by atoms with Crippen molar-refractivity contribution in [3.05, 3.63) is 65.4 Å². The van der Waals surface area contributed by atoms with E-state index in [1.54, 1.807) is 7.11 Å². The number of hydrogen-bond acceptors (Lipinski definition) is 3. The van der Waals surface area contributed by atoms with Crippen LogP contribution in [0.2, 0.25) is 0 Å². The zero-order valence-electron chi connectivity index (χ0n) is 16.9. The summed E-state index contributed by atoms with van der Waals surface area (Å²) in [5.41, 5.74) is 4.02. The molecule has 1 aromatic heterocycles. The molecule has 1 aliphatic heterocycles. The summed E-state index contributed by atoms with van der Waals surface area (Å²) in [6.07, 6.45) is 2.48. The molecule has 0 saturated carbocycles. The maximum atomic E-state index is 12.2. The van der Waals surface area contributed by atoms with Crippen molar-refractivity contribution in [2.24, 2.45) is 7.05 Å². The molecule has 1 saturated heterocycles. The van der Waals surface area contributed by atoms with Gasteiger partial charge in [-0.2, -0.15) is 0 Å². The number of hydrogen-bond donors (Lipinski definition) is 1. The Morgan fingerprint density at radius 3 is 2.68 bits per heavy atom. The van der Waals surface area contributed by atoms with Gasteiger partial charge >= 0.3 is 0 Å². The number of aromatic nitrogens is 1. The summed E-state index contributed by atoms with van der Waals surface area (Å²) in [6.45, 7) is 1.67. The SMILES string of the molecule is COc1cccc(C23CCN(C)CC2(O)Cc2c(n(C)c4ccccc24)C3)c1. The normalized spacial score (nSPS) is 27.4. The molecule has 2 heterocycles. The van der Waals surface area contributed by atoms with E-state index in [-0.39, 0.29) is 5.41 Å². The number of likely N-dealkylation sites (tertiary alicyclic amines) is 1. The predicted molar refractivity (Wildman–Crippen MR) is 112 cm³/mol. The van der Waals surface area contributed by atoms with Gasteiger partial charge in [0, 0.05) is 48.4 Å². The minimum absolute atomic E-state index is 0.302. The summed E-state index contributed by atoms with van der Waals surface area (Å²) < 4.78 is 7.86. The van der Waals surface area contributed by atoms with Crippen molar-refractivity contribution in [3.8, 4) is 5.75 Å². The molecule has 1 N–H and O–H groups in total. The van der Waals surface area contributed by atoms with Crippen molar-refractivity contribution in [2.75, 3.05) is 27.2 Å². The van der Waals surface area contributed by atoms with E-state index >= 15 is 0 Å². The van der Waals surface area contributed by atoms with Crippen LogP contribution in [0.1, 0.15) is 23.2 Å². The van der Waals surface area contributed by atoms with E-state index in [2.05, 4.69) is 66.0 Å². The second-order valence-corrected chi connectivity index (χ2v) is 8.69.